The number of nitrogens with one attached hydrogen (secondary N) is 1. The van der Waals surface area contributed by atoms with Gasteiger partial charge in [0.25, 0.3) is 5.56 Å². The molecule has 0 unspecified atom stereocenters. The van der Waals surface area contributed by atoms with Crippen LogP contribution in [0.2, 0.25) is 0 Å². The molecule has 0 saturated carbocycles. The molecule has 7 heteroatoms. The Balaban J connectivity index is 2.42. The third-order valence-corrected chi connectivity index (χ3v) is 2.47. The van der Waals surface area contributed by atoms with Crippen molar-refractivity contribution < 1.29 is 17.9 Å². The summed E-state index contributed by atoms with van der Waals surface area (Å²) in [7, 11) is 0. The van der Waals surface area contributed by atoms with E-state index in [-0.39, 0.29) is 5.69 Å². The Hall–Kier alpha value is -2.31. The number of benzene rings is 1. The molecule has 20 heavy (non-hydrogen) atoms. The Bertz CT molecular complexity index is 648. The standard InChI is InChI=1S/C13H11F3N2O2/c1-2-20-9-5-3-8(4-6-9)10-7-11(19)18-12(17-10)13(14,15)16/h3-7H,2H2,1H3,(H,17,18,19). The fraction of sp³-hybridized carbons (Fsp3) is 0.231. The van der Waals surface area contributed by atoms with Crippen molar-refractivity contribution in [3.63, 3.8) is 0 Å². The highest BCUT2D eigenvalue weighted by molar-refractivity contribution is 5.59. The molecule has 1 N–H and O–H groups in total. The summed E-state index contributed by atoms with van der Waals surface area (Å²) in [6.07, 6.45) is -4.69. The zero-order chi connectivity index (χ0) is 14.8. The summed E-state index contributed by atoms with van der Waals surface area (Å²) in [5.74, 6) is -0.717. The van der Waals surface area contributed by atoms with Gasteiger partial charge in [-0.3, -0.25) is 4.79 Å². The van der Waals surface area contributed by atoms with Crippen LogP contribution in [-0.4, -0.2) is 16.6 Å². The van der Waals surface area contributed by atoms with Crippen LogP contribution >= 0.6 is 0 Å². The van der Waals surface area contributed by atoms with Crippen molar-refractivity contribution in [2.24, 2.45) is 0 Å². The van der Waals surface area contributed by atoms with Crippen LogP contribution in [0.15, 0.2) is 35.1 Å². The second-order valence-corrected chi connectivity index (χ2v) is 3.93. The summed E-state index contributed by atoms with van der Waals surface area (Å²) < 4.78 is 43.0. The van der Waals surface area contributed by atoms with Gasteiger partial charge < -0.3 is 9.72 Å². The number of H-pyrrole nitrogens is 1. The molecule has 0 aliphatic heterocycles. The highest BCUT2D eigenvalue weighted by Crippen LogP contribution is 2.27. The zero-order valence-electron chi connectivity index (χ0n) is 10.5. The maximum absolute atomic E-state index is 12.6. The predicted octanol–water partition coefficient (Wildman–Crippen LogP) is 2.85. The first-order chi connectivity index (χ1) is 9.40. The summed E-state index contributed by atoms with van der Waals surface area (Å²) in [5.41, 5.74) is -0.481. The molecule has 4 nitrogen and oxygen atoms in total. The number of aromatic amines is 1. The minimum absolute atomic E-state index is 0.0378. The number of nitrogens with zero attached hydrogens (tertiary/aromatic N) is 1. The van der Waals surface area contributed by atoms with Gasteiger partial charge in [-0.1, -0.05) is 0 Å². The molecule has 0 amide bonds. The van der Waals surface area contributed by atoms with Gasteiger partial charge in [0.15, 0.2) is 0 Å². The first-order valence-corrected chi connectivity index (χ1v) is 5.82. The molecule has 2 rings (SSSR count). The van der Waals surface area contributed by atoms with Crippen LogP contribution in [0.4, 0.5) is 13.2 Å². The van der Waals surface area contributed by atoms with E-state index in [1.165, 1.54) is 0 Å². The highest BCUT2D eigenvalue weighted by Gasteiger charge is 2.34. The average Bonchev–Trinajstić information content (AvgIpc) is 2.38. The molecule has 0 saturated heterocycles. The average molecular weight is 284 g/mol. The van der Waals surface area contributed by atoms with E-state index >= 15 is 0 Å². The summed E-state index contributed by atoms with van der Waals surface area (Å²) in [6, 6.07) is 7.33. The van der Waals surface area contributed by atoms with Crippen molar-refractivity contribution in [1.29, 1.82) is 0 Å². The van der Waals surface area contributed by atoms with Crippen LogP contribution < -0.4 is 10.3 Å². The highest BCUT2D eigenvalue weighted by atomic mass is 19.4. The van der Waals surface area contributed by atoms with Gasteiger partial charge in [0, 0.05) is 11.6 Å². The molecule has 1 aromatic carbocycles. The largest absolute Gasteiger partial charge is 0.494 e. The molecule has 0 aliphatic carbocycles. The lowest BCUT2D eigenvalue weighted by molar-refractivity contribution is -0.145. The normalized spacial score (nSPS) is 11.4. The Morgan fingerprint density at radius 1 is 1.25 bits per heavy atom. The van der Waals surface area contributed by atoms with Crippen LogP contribution in [0.5, 0.6) is 5.75 Å². The predicted molar refractivity (Wildman–Crippen MR) is 66.5 cm³/mol. The van der Waals surface area contributed by atoms with Crippen LogP contribution in [0, 0.1) is 0 Å². The molecular weight excluding hydrogens is 273 g/mol. The topological polar surface area (TPSA) is 55.0 Å². The molecule has 1 heterocycles. The molecule has 2 aromatic rings. The minimum Gasteiger partial charge on any atom is -0.494 e. The number of hydrogen-bond donors (Lipinski definition) is 1. The third kappa shape index (κ3) is 3.17. The molecule has 0 aliphatic rings. The number of rotatable bonds is 3. The summed E-state index contributed by atoms with van der Waals surface area (Å²) in [6.45, 7) is 2.31. The maximum atomic E-state index is 12.6. The summed E-state index contributed by atoms with van der Waals surface area (Å²) in [5, 5.41) is 0. The smallest absolute Gasteiger partial charge is 0.449 e. The molecule has 0 atom stereocenters. The van der Waals surface area contributed by atoms with Gasteiger partial charge in [-0.05, 0) is 31.2 Å². The molecule has 0 bridgehead atoms. The second-order valence-electron chi connectivity index (χ2n) is 3.93. The van der Waals surface area contributed by atoms with Crippen LogP contribution in [-0.2, 0) is 6.18 Å². The van der Waals surface area contributed by atoms with Gasteiger partial charge in [-0.25, -0.2) is 4.98 Å². The van der Waals surface area contributed by atoms with Gasteiger partial charge in [0.2, 0.25) is 5.82 Å². The fourth-order valence-corrected chi connectivity index (χ4v) is 1.63. The van der Waals surface area contributed by atoms with Gasteiger partial charge in [-0.2, -0.15) is 13.2 Å². The van der Waals surface area contributed by atoms with E-state index in [1.807, 2.05) is 6.92 Å². The van der Waals surface area contributed by atoms with Gasteiger partial charge in [0.1, 0.15) is 5.75 Å². The van der Waals surface area contributed by atoms with E-state index in [4.69, 9.17) is 4.74 Å². The van der Waals surface area contributed by atoms with E-state index in [0.29, 0.717) is 17.9 Å². The molecule has 1 aromatic heterocycles. The maximum Gasteiger partial charge on any atom is 0.449 e. The quantitative estimate of drug-likeness (QED) is 0.943. The van der Waals surface area contributed by atoms with E-state index < -0.39 is 17.6 Å². The molecular formula is C13H11F3N2O2. The van der Waals surface area contributed by atoms with E-state index in [0.717, 1.165) is 6.07 Å². The molecule has 106 valence electrons. The van der Waals surface area contributed by atoms with E-state index in [1.54, 1.807) is 29.2 Å². The lowest BCUT2D eigenvalue weighted by Crippen LogP contribution is -2.18. The van der Waals surface area contributed by atoms with E-state index in [2.05, 4.69) is 4.98 Å². The van der Waals surface area contributed by atoms with Gasteiger partial charge in [-0.15, -0.1) is 0 Å². The van der Waals surface area contributed by atoms with Crippen molar-refractivity contribution in [3.05, 3.63) is 46.5 Å². The lowest BCUT2D eigenvalue weighted by atomic mass is 10.1. The Labute approximate surface area is 112 Å². The monoisotopic (exact) mass is 284 g/mol. The molecule has 0 spiro atoms. The summed E-state index contributed by atoms with van der Waals surface area (Å²) in [4.78, 5) is 16.4. The van der Waals surface area contributed by atoms with E-state index in [9.17, 15) is 18.0 Å². The lowest BCUT2D eigenvalue weighted by Gasteiger charge is -2.08. The van der Waals surface area contributed by atoms with Crippen molar-refractivity contribution in [2.45, 2.75) is 13.1 Å². The van der Waals surface area contributed by atoms with Crippen molar-refractivity contribution >= 4 is 0 Å². The third-order valence-electron chi connectivity index (χ3n) is 2.47. The second kappa shape index (κ2) is 5.36. The van der Waals surface area contributed by atoms with Crippen molar-refractivity contribution in [3.8, 4) is 17.0 Å². The number of alkyl halides is 3. The van der Waals surface area contributed by atoms with Crippen molar-refractivity contribution in [2.75, 3.05) is 6.61 Å². The first-order valence-electron chi connectivity index (χ1n) is 5.82. The zero-order valence-corrected chi connectivity index (χ0v) is 10.5. The SMILES string of the molecule is CCOc1ccc(-c2cc(=O)[nH]c(C(F)(F)F)n2)cc1. The van der Waals surface area contributed by atoms with Crippen LogP contribution in [0.25, 0.3) is 11.3 Å². The van der Waals surface area contributed by atoms with Crippen LogP contribution in [0.3, 0.4) is 0 Å². The Morgan fingerprint density at radius 2 is 1.90 bits per heavy atom. The van der Waals surface area contributed by atoms with Crippen LogP contribution in [0.1, 0.15) is 12.7 Å². The minimum atomic E-state index is -4.69. The van der Waals surface area contributed by atoms with Gasteiger partial charge >= 0.3 is 6.18 Å². The first kappa shape index (κ1) is 14.1. The Kier molecular flexibility index (Phi) is 3.78. The number of aromatic nitrogens is 2. The number of ether oxygens (including phenoxy) is 1. The fourth-order valence-electron chi connectivity index (χ4n) is 1.63. The number of halogens is 3. The molecule has 0 fully saturated rings. The van der Waals surface area contributed by atoms with Crippen molar-refractivity contribution in [1.82, 2.24) is 9.97 Å². The number of hydrogen-bond acceptors (Lipinski definition) is 3. The molecule has 0 radical (unpaired) electrons. The van der Waals surface area contributed by atoms with Gasteiger partial charge in [0.05, 0.1) is 12.3 Å². The Morgan fingerprint density at radius 3 is 2.45 bits per heavy atom. The summed E-state index contributed by atoms with van der Waals surface area (Å²) >= 11 is 0.